The average molecular weight is 454 g/mol. The van der Waals surface area contributed by atoms with Crippen molar-refractivity contribution in [2.45, 2.75) is 105 Å². The van der Waals surface area contributed by atoms with E-state index < -0.39 is 0 Å². The van der Waals surface area contributed by atoms with E-state index in [0.29, 0.717) is 16.7 Å². The SMILES string of the molecule is CC(C)C(C#N)CC[C@@H](C)[C@H]1CC[C@H]2[C@@H]3CCC4=CC5OCCOC5C[C@]4(C)[C@H]3CC[C@]12C. The van der Waals surface area contributed by atoms with E-state index in [0.717, 1.165) is 49.2 Å². The molecule has 0 amide bonds. The molecular formula is C30H47NO2. The molecule has 3 heteroatoms. The van der Waals surface area contributed by atoms with Gasteiger partial charge in [-0.05, 0) is 104 Å². The smallest absolute Gasteiger partial charge is 0.102 e. The Hall–Kier alpha value is -0.850. The first-order valence-electron chi connectivity index (χ1n) is 14.1. The molecule has 1 saturated heterocycles. The summed E-state index contributed by atoms with van der Waals surface area (Å²) in [5, 5.41) is 9.56. The topological polar surface area (TPSA) is 42.2 Å². The lowest BCUT2D eigenvalue weighted by Crippen LogP contribution is -2.54. The molecule has 4 aliphatic carbocycles. The van der Waals surface area contributed by atoms with Crippen LogP contribution in [0.2, 0.25) is 0 Å². The van der Waals surface area contributed by atoms with E-state index in [9.17, 15) is 5.26 Å². The van der Waals surface area contributed by atoms with Crippen LogP contribution >= 0.6 is 0 Å². The Kier molecular flexibility index (Phi) is 6.50. The second kappa shape index (κ2) is 8.98. The van der Waals surface area contributed by atoms with Crippen LogP contribution in [0.15, 0.2) is 11.6 Å². The fraction of sp³-hybridized carbons (Fsp3) is 0.900. The van der Waals surface area contributed by atoms with E-state index in [1.165, 1.54) is 51.4 Å². The monoisotopic (exact) mass is 453 g/mol. The molecule has 0 aromatic carbocycles. The molecule has 1 heterocycles. The van der Waals surface area contributed by atoms with Crippen molar-refractivity contribution in [1.29, 1.82) is 5.26 Å². The number of hydrogen-bond donors (Lipinski definition) is 0. The molecule has 33 heavy (non-hydrogen) atoms. The van der Waals surface area contributed by atoms with Crippen molar-refractivity contribution in [2.75, 3.05) is 13.2 Å². The molecule has 3 unspecified atom stereocenters. The average Bonchev–Trinajstić information content (AvgIpc) is 3.14. The molecule has 4 fully saturated rings. The highest BCUT2D eigenvalue weighted by molar-refractivity contribution is 5.27. The third kappa shape index (κ3) is 3.92. The van der Waals surface area contributed by atoms with Crippen LogP contribution in [0.1, 0.15) is 92.4 Å². The minimum absolute atomic E-state index is 0.201. The lowest BCUT2D eigenvalue weighted by molar-refractivity contribution is -0.153. The van der Waals surface area contributed by atoms with Gasteiger partial charge in [-0.1, -0.05) is 46.3 Å². The Morgan fingerprint density at radius 2 is 1.82 bits per heavy atom. The molecule has 1 aliphatic heterocycles. The van der Waals surface area contributed by atoms with Crippen molar-refractivity contribution in [1.82, 2.24) is 0 Å². The summed E-state index contributed by atoms with van der Waals surface area (Å²) in [5.74, 6) is 4.86. The van der Waals surface area contributed by atoms with E-state index in [-0.39, 0.29) is 18.1 Å². The third-order valence-corrected chi connectivity index (χ3v) is 11.5. The van der Waals surface area contributed by atoms with Crippen molar-refractivity contribution >= 4 is 0 Å². The van der Waals surface area contributed by atoms with Gasteiger partial charge in [-0.2, -0.15) is 5.26 Å². The van der Waals surface area contributed by atoms with E-state index in [2.05, 4.69) is 46.8 Å². The minimum Gasteiger partial charge on any atom is -0.373 e. The maximum absolute atomic E-state index is 9.56. The molecule has 0 bridgehead atoms. The van der Waals surface area contributed by atoms with Gasteiger partial charge in [0.05, 0.1) is 25.4 Å². The van der Waals surface area contributed by atoms with Gasteiger partial charge in [-0.25, -0.2) is 0 Å². The molecule has 0 N–H and O–H groups in total. The number of rotatable bonds is 5. The first kappa shape index (κ1) is 23.9. The highest BCUT2D eigenvalue weighted by Gasteiger charge is 2.60. The lowest BCUT2D eigenvalue weighted by atomic mass is 9.46. The molecule has 0 aromatic heterocycles. The summed E-state index contributed by atoms with van der Waals surface area (Å²) in [7, 11) is 0. The van der Waals surface area contributed by atoms with Gasteiger partial charge >= 0.3 is 0 Å². The molecular weight excluding hydrogens is 406 g/mol. The quantitative estimate of drug-likeness (QED) is 0.414. The van der Waals surface area contributed by atoms with E-state index in [4.69, 9.17) is 9.47 Å². The lowest BCUT2D eigenvalue weighted by Gasteiger charge is -2.60. The van der Waals surface area contributed by atoms with Crippen molar-refractivity contribution in [2.24, 2.45) is 52.3 Å². The highest BCUT2D eigenvalue weighted by Crippen LogP contribution is 2.68. The Morgan fingerprint density at radius 1 is 1.03 bits per heavy atom. The van der Waals surface area contributed by atoms with Crippen molar-refractivity contribution < 1.29 is 9.47 Å². The number of ether oxygens (including phenoxy) is 2. The normalized spacial score (nSPS) is 46.3. The zero-order valence-corrected chi connectivity index (χ0v) is 21.8. The predicted octanol–water partition coefficient (Wildman–Crippen LogP) is 7.17. The third-order valence-electron chi connectivity index (χ3n) is 11.5. The summed E-state index contributed by atoms with van der Waals surface area (Å²) < 4.78 is 12.3. The van der Waals surface area contributed by atoms with Gasteiger partial charge in [-0.3, -0.25) is 0 Å². The Balaban J connectivity index is 1.31. The van der Waals surface area contributed by atoms with Crippen LogP contribution in [0.4, 0.5) is 0 Å². The van der Waals surface area contributed by atoms with E-state index in [1.807, 2.05) is 0 Å². The van der Waals surface area contributed by atoms with Crippen molar-refractivity contribution in [3.05, 3.63) is 11.6 Å². The number of nitriles is 1. The minimum atomic E-state index is 0.201. The number of hydrogen-bond acceptors (Lipinski definition) is 3. The summed E-state index contributed by atoms with van der Waals surface area (Å²) >= 11 is 0. The second-order valence-corrected chi connectivity index (χ2v) is 13.2. The Labute approximate surface area is 202 Å². The molecule has 184 valence electrons. The van der Waals surface area contributed by atoms with Gasteiger partial charge < -0.3 is 9.47 Å². The molecule has 5 aliphatic rings. The van der Waals surface area contributed by atoms with Gasteiger partial charge in [0.15, 0.2) is 0 Å². The van der Waals surface area contributed by atoms with Crippen LogP contribution in [0.25, 0.3) is 0 Å². The number of allylic oxidation sites excluding steroid dienone is 1. The highest BCUT2D eigenvalue weighted by atomic mass is 16.6. The summed E-state index contributed by atoms with van der Waals surface area (Å²) in [6.07, 6.45) is 14.7. The molecule has 10 atom stereocenters. The first-order valence-corrected chi connectivity index (χ1v) is 14.1. The largest absolute Gasteiger partial charge is 0.373 e. The zero-order chi connectivity index (χ0) is 23.4. The maximum Gasteiger partial charge on any atom is 0.102 e. The van der Waals surface area contributed by atoms with Crippen LogP contribution in [0.3, 0.4) is 0 Å². The molecule has 3 saturated carbocycles. The van der Waals surface area contributed by atoms with Crippen molar-refractivity contribution in [3.63, 3.8) is 0 Å². The van der Waals surface area contributed by atoms with Gasteiger partial charge in [0.1, 0.15) is 6.10 Å². The van der Waals surface area contributed by atoms with Crippen molar-refractivity contribution in [3.8, 4) is 6.07 Å². The predicted molar refractivity (Wildman–Crippen MR) is 132 cm³/mol. The molecule has 0 aromatic rings. The molecule has 3 nitrogen and oxygen atoms in total. The number of fused-ring (bicyclic) bond motifs is 6. The Morgan fingerprint density at radius 3 is 2.58 bits per heavy atom. The van der Waals surface area contributed by atoms with E-state index in [1.54, 1.807) is 5.57 Å². The summed E-state index contributed by atoms with van der Waals surface area (Å²) in [6.45, 7) is 13.7. The first-order chi connectivity index (χ1) is 15.8. The summed E-state index contributed by atoms with van der Waals surface area (Å²) in [4.78, 5) is 0. The molecule has 0 spiro atoms. The van der Waals surface area contributed by atoms with Gasteiger partial charge in [-0.15, -0.1) is 0 Å². The number of nitrogens with zero attached hydrogens (tertiary/aromatic N) is 1. The summed E-state index contributed by atoms with van der Waals surface area (Å²) in [6, 6.07) is 2.58. The van der Waals surface area contributed by atoms with Crippen LogP contribution < -0.4 is 0 Å². The zero-order valence-electron chi connectivity index (χ0n) is 21.8. The standard InChI is InChI=1S/C30H47NO2/c1-19(2)21(18-31)7-6-20(3)24-10-11-25-23-9-8-22-16-27-28(33-15-14-32-27)17-30(22,5)26(23)12-13-29(24,25)4/h16,19-21,23-28H,6-15,17H2,1-5H3/t20-,21?,23+,24-,25+,26+,27?,28?,29-,30+/m1/s1. The fourth-order valence-electron chi connectivity index (χ4n) is 9.58. The van der Waals surface area contributed by atoms with Gasteiger partial charge in [0.25, 0.3) is 0 Å². The van der Waals surface area contributed by atoms with Crippen LogP contribution in [0.5, 0.6) is 0 Å². The fourth-order valence-corrected chi connectivity index (χ4v) is 9.58. The van der Waals surface area contributed by atoms with Gasteiger partial charge in [0.2, 0.25) is 0 Å². The molecule has 0 radical (unpaired) electrons. The maximum atomic E-state index is 9.56. The second-order valence-electron chi connectivity index (χ2n) is 13.2. The van der Waals surface area contributed by atoms with Crippen LogP contribution in [-0.2, 0) is 9.47 Å². The van der Waals surface area contributed by atoms with E-state index >= 15 is 0 Å². The summed E-state index contributed by atoms with van der Waals surface area (Å²) in [5.41, 5.74) is 2.51. The molecule has 5 rings (SSSR count). The Bertz CT molecular complexity index is 798. The van der Waals surface area contributed by atoms with Gasteiger partial charge in [0, 0.05) is 5.92 Å². The van der Waals surface area contributed by atoms with Crippen LogP contribution in [0, 0.1) is 63.6 Å². The van der Waals surface area contributed by atoms with Crippen LogP contribution in [-0.4, -0.2) is 25.4 Å².